The lowest BCUT2D eigenvalue weighted by molar-refractivity contribution is -0.108. The lowest BCUT2D eigenvalue weighted by Crippen LogP contribution is -2.15. The molecule has 2 nitrogen and oxygen atoms in total. The van der Waals surface area contributed by atoms with E-state index < -0.39 is 0 Å². The van der Waals surface area contributed by atoms with Gasteiger partial charge < -0.3 is 5.32 Å². The van der Waals surface area contributed by atoms with E-state index in [0.717, 1.165) is 0 Å². The first-order valence-corrected chi connectivity index (χ1v) is 2.77. The molecule has 0 bridgehead atoms. The molecule has 0 heterocycles. The normalized spacial score (nSPS) is 12.2. The third kappa shape index (κ3) is 2.69. The molecule has 0 radical (unpaired) electrons. The fourth-order valence-electron chi connectivity index (χ4n) is 0.196. The molecule has 0 aromatic carbocycles. The summed E-state index contributed by atoms with van der Waals surface area (Å²) >= 11 is 4.01. The zero-order chi connectivity index (χ0) is 6.57. The molecule has 3 heteroatoms. The summed E-state index contributed by atoms with van der Waals surface area (Å²) in [6.45, 7) is 5.36. The summed E-state index contributed by atoms with van der Waals surface area (Å²) in [7, 11) is 0. The van der Waals surface area contributed by atoms with E-state index >= 15 is 0 Å². The Morgan fingerprint density at radius 1 is 2.00 bits per heavy atom. The largest absolute Gasteiger partial charge is 0.332 e. The summed E-state index contributed by atoms with van der Waals surface area (Å²) in [5, 5.41) is 2.42. The van der Waals surface area contributed by atoms with Crippen molar-refractivity contribution in [2.75, 3.05) is 0 Å². The second kappa shape index (κ2) is 3.55. The average molecular weight is 131 g/mol. The van der Waals surface area contributed by atoms with Crippen LogP contribution in [0, 0.1) is 0 Å². The average Bonchev–Trinajstić information content (AvgIpc) is 1.67. The molecule has 0 aromatic heterocycles. The fourth-order valence-corrected chi connectivity index (χ4v) is 0.271. The number of rotatable bonds is 3. The van der Waals surface area contributed by atoms with Crippen LogP contribution in [0.4, 0.5) is 0 Å². The topological polar surface area (TPSA) is 29.1 Å². The summed E-state index contributed by atoms with van der Waals surface area (Å²) in [5.41, 5.74) is 0.628. The van der Waals surface area contributed by atoms with E-state index in [-0.39, 0.29) is 5.25 Å². The van der Waals surface area contributed by atoms with E-state index in [1.807, 2.05) is 6.92 Å². The van der Waals surface area contributed by atoms with E-state index in [9.17, 15) is 4.79 Å². The molecular weight excluding hydrogens is 122 g/mol. The quantitative estimate of drug-likeness (QED) is 0.425. The minimum atomic E-state index is 0.0280. The molecule has 0 aliphatic carbocycles. The van der Waals surface area contributed by atoms with Gasteiger partial charge in [-0.2, -0.15) is 12.6 Å². The van der Waals surface area contributed by atoms with Gasteiger partial charge >= 0.3 is 0 Å². The van der Waals surface area contributed by atoms with E-state index in [4.69, 9.17) is 0 Å². The Hall–Kier alpha value is -0.440. The first kappa shape index (κ1) is 7.56. The van der Waals surface area contributed by atoms with E-state index in [1.54, 1.807) is 0 Å². The molecule has 1 atom stereocenters. The molecule has 0 saturated carbocycles. The highest BCUT2D eigenvalue weighted by Crippen LogP contribution is 1.99. The highest BCUT2D eigenvalue weighted by molar-refractivity contribution is 7.81. The number of carbonyl (C=O) groups is 1. The Morgan fingerprint density at radius 3 is 2.62 bits per heavy atom. The van der Waals surface area contributed by atoms with Crippen LogP contribution in [0.15, 0.2) is 12.3 Å². The van der Waals surface area contributed by atoms with Crippen LogP contribution >= 0.6 is 12.6 Å². The SMILES string of the molecule is C=C(NC=O)C(C)S. The van der Waals surface area contributed by atoms with Gasteiger partial charge in [0.05, 0.1) is 0 Å². The summed E-state index contributed by atoms with van der Waals surface area (Å²) in [4.78, 5) is 9.71. The monoisotopic (exact) mass is 131 g/mol. The molecule has 0 fully saturated rings. The minimum absolute atomic E-state index is 0.0280. The molecule has 1 amide bonds. The molecular formula is C5H9NOS. The van der Waals surface area contributed by atoms with Crippen molar-refractivity contribution >= 4 is 19.0 Å². The first-order chi connectivity index (χ1) is 3.68. The van der Waals surface area contributed by atoms with E-state index in [0.29, 0.717) is 12.1 Å². The van der Waals surface area contributed by atoms with Gasteiger partial charge in [0.2, 0.25) is 6.41 Å². The zero-order valence-corrected chi connectivity index (χ0v) is 5.61. The number of hydrogen-bond acceptors (Lipinski definition) is 2. The van der Waals surface area contributed by atoms with Crippen LogP contribution in [0.5, 0.6) is 0 Å². The molecule has 0 spiro atoms. The maximum absolute atomic E-state index is 9.71. The van der Waals surface area contributed by atoms with Crippen molar-refractivity contribution in [3.05, 3.63) is 12.3 Å². The van der Waals surface area contributed by atoms with Crippen LogP contribution in [0.3, 0.4) is 0 Å². The molecule has 1 unspecified atom stereocenters. The summed E-state index contributed by atoms with van der Waals surface area (Å²) < 4.78 is 0. The third-order valence-electron chi connectivity index (χ3n) is 0.749. The maximum Gasteiger partial charge on any atom is 0.211 e. The van der Waals surface area contributed by atoms with Crippen molar-refractivity contribution < 1.29 is 4.79 Å². The van der Waals surface area contributed by atoms with Crippen LogP contribution < -0.4 is 5.32 Å². The van der Waals surface area contributed by atoms with Crippen molar-refractivity contribution in [2.24, 2.45) is 0 Å². The van der Waals surface area contributed by atoms with Gasteiger partial charge in [0, 0.05) is 10.9 Å². The van der Waals surface area contributed by atoms with Gasteiger partial charge in [0.15, 0.2) is 0 Å². The van der Waals surface area contributed by atoms with Crippen molar-refractivity contribution in [1.82, 2.24) is 5.32 Å². The zero-order valence-electron chi connectivity index (χ0n) is 4.72. The molecule has 46 valence electrons. The standard InChI is InChI=1S/C5H9NOS/c1-4(5(2)8)6-3-7/h3,5,8H,1H2,2H3,(H,6,7). The molecule has 0 aliphatic heterocycles. The van der Waals surface area contributed by atoms with Crippen LogP contribution in [0.25, 0.3) is 0 Å². The Kier molecular flexibility index (Phi) is 3.35. The lowest BCUT2D eigenvalue weighted by Gasteiger charge is -2.03. The minimum Gasteiger partial charge on any atom is -0.332 e. The van der Waals surface area contributed by atoms with Gasteiger partial charge in [-0.25, -0.2) is 0 Å². The predicted molar refractivity (Wildman–Crippen MR) is 36.8 cm³/mol. The maximum atomic E-state index is 9.71. The van der Waals surface area contributed by atoms with Gasteiger partial charge in [0.1, 0.15) is 0 Å². The van der Waals surface area contributed by atoms with Crippen LogP contribution in [-0.2, 0) is 4.79 Å². The Balaban J connectivity index is 3.48. The van der Waals surface area contributed by atoms with E-state index in [1.165, 1.54) is 0 Å². The molecule has 0 aliphatic rings. The van der Waals surface area contributed by atoms with Crippen LogP contribution in [0.1, 0.15) is 6.92 Å². The molecule has 1 N–H and O–H groups in total. The lowest BCUT2D eigenvalue weighted by atomic mass is 10.4. The Labute approximate surface area is 54.4 Å². The fraction of sp³-hybridized carbons (Fsp3) is 0.400. The Bertz CT molecular complexity index is 101. The summed E-state index contributed by atoms with van der Waals surface area (Å²) in [6.07, 6.45) is 0.592. The number of thiol groups is 1. The number of carbonyl (C=O) groups excluding carboxylic acids is 1. The van der Waals surface area contributed by atoms with Crippen molar-refractivity contribution in [2.45, 2.75) is 12.2 Å². The number of amides is 1. The van der Waals surface area contributed by atoms with E-state index in [2.05, 4.69) is 24.5 Å². The molecule has 0 rings (SSSR count). The summed E-state index contributed by atoms with van der Waals surface area (Å²) in [5.74, 6) is 0. The molecule has 0 aromatic rings. The smallest absolute Gasteiger partial charge is 0.211 e. The van der Waals surface area contributed by atoms with Crippen LogP contribution in [0.2, 0.25) is 0 Å². The highest BCUT2D eigenvalue weighted by atomic mass is 32.1. The number of nitrogens with one attached hydrogen (secondary N) is 1. The van der Waals surface area contributed by atoms with Gasteiger partial charge in [-0.3, -0.25) is 4.79 Å². The summed E-state index contributed by atoms with van der Waals surface area (Å²) in [6, 6.07) is 0. The second-order valence-electron chi connectivity index (χ2n) is 1.46. The van der Waals surface area contributed by atoms with Crippen LogP contribution in [-0.4, -0.2) is 11.7 Å². The van der Waals surface area contributed by atoms with Gasteiger partial charge in [0.25, 0.3) is 0 Å². The van der Waals surface area contributed by atoms with Crippen molar-refractivity contribution in [3.63, 3.8) is 0 Å². The molecule has 0 saturated heterocycles. The van der Waals surface area contributed by atoms with Crippen molar-refractivity contribution in [3.8, 4) is 0 Å². The van der Waals surface area contributed by atoms with Crippen molar-refractivity contribution in [1.29, 1.82) is 0 Å². The number of hydrogen-bond donors (Lipinski definition) is 2. The van der Waals surface area contributed by atoms with Gasteiger partial charge in [-0.1, -0.05) is 6.58 Å². The third-order valence-corrected chi connectivity index (χ3v) is 1.06. The van der Waals surface area contributed by atoms with Gasteiger partial charge in [-0.15, -0.1) is 0 Å². The molecule has 8 heavy (non-hydrogen) atoms. The van der Waals surface area contributed by atoms with Gasteiger partial charge in [-0.05, 0) is 6.92 Å². The Morgan fingerprint density at radius 2 is 2.50 bits per heavy atom. The first-order valence-electron chi connectivity index (χ1n) is 2.25. The predicted octanol–water partition coefficient (Wildman–Crippen LogP) is 0.564. The second-order valence-corrected chi connectivity index (χ2v) is 2.24. The highest BCUT2D eigenvalue weighted by Gasteiger charge is 1.95.